The topological polar surface area (TPSA) is 72.2 Å². The molecule has 0 saturated carbocycles. The van der Waals surface area contributed by atoms with Gasteiger partial charge in [-0.2, -0.15) is 0 Å². The van der Waals surface area contributed by atoms with E-state index in [4.69, 9.17) is 28.9 Å². The number of hydrogen-bond donors (Lipinski definition) is 2. The summed E-state index contributed by atoms with van der Waals surface area (Å²) in [5, 5.41) is 0.458. The zero-order valence-electron chi connectivity index (χ0n) is 14.3. The zero-order valence-corrected chi connectivity index (χ0v) is 17.5. The number of thioether (sulfide) groups is 1. The highest BCUT2D eigenvalue weighted by Gasteiger charge is 2.21. The Morgan fingerprint density at radius 2 is 1.71 bits per heavy atom. The second-order valence-corrected chi connectivity index (χ2v) is 9.40. The summed E-state index contributed by atoms with van der Waals surface area (Å²) in [6.07, 6.45) is 0. The van der Waals surface area contributed by atoms with E-state index in [1.165, 1.54) is 23.9 Å². The summed E-state index contributed by atoms with van der Waals surface area (Å²) in [6.45, 7) is 0. The van der Waals surface area contributed by atoms with Gasteiger partial charge in [0.05, 0.1) is 5.69 Å². The highest BCUT2D eigenvalue weighted by Crippen LogP contribution is 2.34. The number of nitrogens with two attached hydrogens (primary N) is 1. The SMILES string of the molecule is Nc1cccc(CSc2ccc(Cl)cc2NS(=O)(=O)c2ccc(Cl)cc2F)c1. The Bertz CT molecular complexity index is 1120. The van der Waals surface area contributed by atoms with Crippen molar-refractivity contribution in [3.63, 3.8) is 0 Å². The molecule has 0 bridgehead atoms. The summed E-state index contributed by atoms with van der Waals surface area (Å²) in [4.78, 5) is 0.147. The summed E-state index contributed by atoms with van der Waals surface area (Å²) in [6, 6.07) is 15.6. The summed E-state index contributed by atoms with van der Waals surface area (Å²) in [5.74, 6) is -0.368. The van der Waals surface area contributed by atoms with E-state index in [1.54, 1.807) is 18.2 Å². The molecule has 0 amide bonds. The third-order valence-electron chi connectivity index (χ3n) is 3.71. The third kappa shape index (κ3) is 5.11. The second kappa shape index (κ2) is 8.61. The van der Waals surface area contributed by atoms with E-state index in [2.05, 4.69) is 4.72 Å². The lowest BCUT2D eigenvalue weighted by Crippen LogP contribution is -2.15. The van der Waals surface area contributed by atoms with Gasteiger partial charge in [0.1, 0.15) is 10.7 Å². The monoisotopic (exact) mass is 456 g/mol. The Hall–Kier alpha value is -1.93. The molecular formula is C19H15Cl2FN2O2S2. The first kappa shape index (κ1) is 20.8. The van der Waals surface area contributed by atoms with Gasteiger partial charge in [-0.05, 0) is 54.1 Å². The first-order valence-corrected chi connectivity index (χ1v) is 11.2. The molecule has 0 fully saturated rings. The van der Waals surface area contributed by atoms with E-state index in [-0.39, 0.29) is 10.7 Å². The van der Waals surface area contributed by atoms with Gasteiger partial charge in [0.2, 0.25) is 0 Å². The van der Waals surface area contributed by atoms with E-state index in [0.29, 0.717) is 21.4 Å². The first-order chi connectivity index (χ1) is 13.2. The quantitative estimate of drug-likeness (QED) is 0.362. The Labute approximate surface area is 176 Å². The zero-order chi connectivity index (χ0) is 20.3. The molecule has 3 N–H and O–H groups in total. The summed E-state index contributed by atoms with van der Waals surface area (Å²) in [7, 11) is -4.17. The van der Waals surface area contributed by atoms with Crippen molar-refractivity contribution in [1.29, 1.82) is 0 Å². The fourth-order valence-corrected chi connectivity index (χ4v) is 4.90. The molecule has 0 aliphatic rings. The molecular weight excluding hydrogens is 442 g/mol. The molecule has 4 nitrogen and oxygen atoms in total. The fraction of sp³-hybridized carbons (Fsp3) is 0.0526. The van der Waals surface area contributed by atoms with Gasteiger partial charge in [0, 0.05) is 26.4 Å². The van der Waals surface area contributed by atoms with Gasteiger partial charge < -0.3 is 5.73 Å². The van der Waals surface area contributed by atoms with Crippen LogP contribution < -0.4 is 10.5 Å². The van der Waals surface area contributed by atoms with Crippen molar-refractivity contribution < 1.29 is 12.8 Å². The van der Waals surface area contributed by atoms with E-state index in [1.807, 2.05) is 18.2 Å². The molecule has 0 saturated heterocycles. The molecule has 3 aromatic rings. The lowest BCUT2D eigenvalue weighted by atomic mass is 10.2. The summed E-state index contributed by atoms with van der Waals surface area (Å²) < 4.78 is 41.8. The molecule has 0 heterocycles. The van der Waals surface area contributed by atoms with Crippen molar-refractivity contribution in [2.75, 3.05) is 10.5 Å². The number of rotatable bonds is 6. The van der Waals surface area contributed by atoms with Gasteiger partial charge >= 0.3 is 0 Å². The van der Waals surface area contributed by atoms with E-state index >= 15 is 0 Å². The van der Waals surface area contributed by atoms with Gasteiger partial charge in [0.25, 0.3) is 10.0 Å². The molecule has 28 heavy (non-hydrogen) atoms. The minimum Gasteiger partial charge on any atom is -0.399 e. The first-order valence-electron chi connectivity index (χ1n) is 7.99. The van der Waals surface area contributed by atoms with Crippen LogP contribution in [-0.4, -0.2) is 8.42 Å². The average molecular weight is 457 g/mol. The highest BCUT2D eigenvalue weighted by atomic mass is 35.5. The highest BCUT2D eigenvalue weighted by molar-refractivity contribution is 7.98. The number of nitrogens with one attached hydrogen (secondary N) is 1. The number of sulfonamides is 1. The van der Waals surface area contributed by atoms with E-state index < -0.39 is 20.7 Å². The predicted octanol–water partition coefficient (Wildman–Crippen LogP) is 5.81. The van der Waals surface area contributed by atoms with Gasteiger partial charge in [-0.25, -0.2) is 12.8 Å². The van der Waals surface area contributed by atoms with Crippen LogP contribution in [0.3, 0.4) is 0 Å². The summed E-state index contributed by atoms with van der Waals surface area (Å²) >= 11 is 13.1. The number of anilines is 2. The number of nitrogen functional groups attached to an aromatic ring is 1. The van der Waals surface area contributed by atoms with Crippen molar-refractivity contribution in [2.45, 2.75) is 15.5 Å². The van der Waals surface area contributed by atoms with Gasteiger partial charge in [-0.3, -0.25) is 4.72 Å². The molecule has 0 atom stereocenters. The van der Waals surface area contributed by atoms with Crippen LogP contribution in [0.5, 0.6) is 0 Å². The molecule has 0 radical (unpaired) electrons. The maximum absolute atomic E-state index is 14.1. The molecule has 0 aromatic heterocycles. The van der Waals surface area contributed by atoms with E-state index in [9.17, 15) is 12.8 Å². The van der Waals surface area contributed by atoms with Crippen LogP contribution in [0.1, 0.15) is 5.56 Å². The molecule has 0 aliphatic heterocycles. The van der Waals surface area contributed by atoms with Crippen molar-refractivity contribution in [3.05, 3.63) is 82.1 Å². The average Bonchev–Trinajstić information content (AvgIpc) is 2.60. The molecule has 0 unspecified atom stereocenters. The fourth-order valence-electron chi connectivity index (χ4n) is 2.44. The van der Waals surface area contributed by atoms with Crippen LogP contribution in [-0.2, 0) is 15.8 Å². The lowest BCUT2D eigenvalue weighted by Gasteiger charge is -2.14. The number of halogens is 3. The van der Waals surface area contributed by atoms with Crippen molar-refractivity contribution in [1.82, 2.24) is 0 Å². The van der Waals surface area contributed by atoms with Crippen molar-refractivity contribution in [2.24, 2.45) is 0 Å². The predicted molar refractivity (Wildman–Crippen MR) is 114 cm³/mol. The van der Waals surface area contributed by atoms with Crippen LogP contribution >= 0.6 is 35.0 Å². The maximum Gasteiger partial charge on any atom is 0.264 e. The Morgan fingerprint density at radius 3 is 2.43 bits per heavy atom. The Kier molecular flexibility index (Phi) is 6.40. The second-order valence-electron chi connectivity index (χ2n) is 5.85. The standard InChI is InChI=1S/C19H15Cl2FN2O2S2/c20-13-5-7-19(16(22)9-13)28(25,26)24-17-10-14(21)4-6-18(17)27-11-12-2-1-3-15(23)8-12/h1-10,24H,11,23H2. The van der Waals surface area contributed by atoms with Gasteiger partial charge in [0.15, 0.2) is 0 Å². The largest absolute Gasteiger partial charge is 0.399 e. The molecule has 3 aromatic carbocycles. The maximum atomic E-state index is 14.1. The van der Waals surface area contributed by atoms with Crippen LogP contribution in [0.15, 0.2) is 70.5 Å². The third-order valence-corrected chi connectivity index (χ3v) is 6.73. The number of hydrogen-bond acceptors (Lipinski definition) is 4. The van der Waals surface area contributed by atoms with Gasteiger partial charge in [-0.1, -0.05) is 35.3 Å². The molecule has 3 rings (SSSR count). The molecule has 146 valence electrons. The Balaban J connectivity index is 1.88. The summed E-state index contributed by atoms with van der Waals surface area (Å²) in [5.41, 5.74) is 7.68. The van der Waals surface area contributed by atoms with E-state index in [0.717, 1.165) is 17.7 Å². The normalized spacial score (nSPS) is 11.4. The molecule has 0 aliphatic carbocycles. The Morgan fingerprint density at radius 1 is 1.00 bits per heavy atom. The van der Waals surface area contributed by atoms with Crippen LogP contribution in [0.4, 0.5) is 15.8 Å². The van der Waals surface area contributed by atoms with Gasteiger partial charge in [-0.15, -0.1) is 11.8 Å². The minimum atomic E-state index is -4.17. The van der Waals surface area contributed by atoms with Crippen LogP contribution in [0, 0.1) is 5.82 Å². The lowest BCUT2D eigenvalue weighted by molar-refractivity contribution is 0.570. The minimum absolute atomic E-state index is 0.109. The van der Waals surface area contributed by atoms with Crippen LogP contribution in [0.25, 0.3) is 0 Å². The van der Waals surface area contributed by atoms with Crippen molar-refractivity contribution in [3.8, 4) is 0 Å². The molecule has 9 heteroatoms. The van der Waals surface area contributed by atoms with Crippen LogP contribution in [0.2, 0.25) is 10.0 Å². The van der Waals surface area contributed by atoms with Crippen molar-refractivity contribution >= 4 is 56.4 Å². The smallest absolute Gasteiger partial charge is 0.264 e. The molecule has 0 spiro atoms. The number of benzene rings is 3.